The van der Waals surface area contributed by atoms with Crippen molar-refractivity contribution in [1.29, 1.82) is 0 Å². The average molecular weight is 285 g/mol. The molecule has 1 amide bonds. The molecular formula is C18H23NO2. The third kappa shape index (κ3) is 2.23. The fourth-order valence-electron chi connectivity index (χ4n) is 5.37. The minimum absolute atomic E-state index is 0.0278. The highest BCUT2D eigenvalue weighted by atomic mass is 16.3. The van der Waals surface area contributed by atoms with Crippen LogP contribution >= 0.6 is 0 Å². The van der Waals surface area contributed by atoms with Crippen LogP contribution in [0, 0.1) is 24.7 Å². The lowest BCUT2D eigenvalue weighted by Crippen LogP contribution is -2.59. The van der Waals surface area contributed by atoms with Crippen molar-refractivity contribution in [2.24, 2.45) is 17.8 Å². The summed E-state index contributed by atoms with van der Waals surface area (Å²) in [4.78, 5) is 12.6. The summed E-state index contributed by atoms with van der Waals surface area (Å²) < 4.78 is 0. The lowest BCUT2D eigenvalue weighted by molar-refractivity contribution is -0.0167. The van der Waals surface area contributed by atoms with E-state index in [0.717, 1.165) is 23.3 Å². The SMILES string of the molecule is Cc1cc(C(=O)NC23CC4CC(CC(C4)C2)C3)ccc1O. The highest BCUT2D eigenvalue weighted by Gasteiger charge is 2.51. The van der Waals surface area contributed by atoms with Crippen molar-refractivity contribution in [3.05, 3.63) is 29.3 Å². The monoisotopic (exact) mass is 285 g/mol. The van der Waals surface area contributed by atoms with Crippen LogP contribution in [0.3, 0.4) is 0 Å². The largest absolute Gasteiger partial charge is 0.508 e. The summed E-state index contributed by atoms with van der Waals surface area (Å²) in [6, 6.07) is 5.12. The van der Waals surface area contributed by atoms with Gasteiger partial charge in [-0.15, -0.1) is 0 Å². The first kappa shape index (κ1) is 13.2. The van der Waals surface area contributed by atoms with Crippen LogP contribution in [-0.4, -0.2) is 16.6 Å². The summed E-state index contributed by atoms with van der Waals surface area (Å²) in [5.74, 6) is 2.77. The Kier molecular flexibility index (Phi) is 2.82. The molecule has 4 bridgehead atoms. The predicted molar refractivity (Wildman–Crippen MR) is 81.2 cm³/mol. The van der Waals surface area contributed by atoms with Gasteiger partial charge in [0.1, 0.15) is 5.75 Å². The zero-order chi connectivity index (χ0) is 14.6. The van der Waals surface area contributed by atoms with E-state index in [-0.39, 0.29) is 17.2 Å². The molecule has 4 saturated carbocycles. The average Bonchev–Trinajstić information content (AvgIpc) is 2.39. The van der Waals surface area contributed by atoms with E-state index in [1.165, 1.54) is 38.5 Å². The van der Waals surface area contributed by atoms with Crippen LogP contribution in [0.4, 0.5) is 0 Å². The van der Waals surface area contributed by atoms with Gasteiger partial charge in [-0.2, -0.15) is 0 Å². The van der Waals surface area contributed by atoms with E-state index in [4.69, 9.17) is 0 Å². The van der Waals surface area contributed by atoms with E-state index in [9.17, 15) is 9.90 Å². The first-order chi connectivity index (χ1) is 10.0. The molecule has 2 N–H and O–H groups in total. The molecule has 0 spiro atoms. The van der Waals surface area contributed by atoms with Gasteiger partial charge in [-0.25, -0.2) is 0 Å². The van der Waals surface area contributed by atoms with Crippen molar-refractivity contribution in [2.45, 2.75) is 51.0 Å². The normalized spacial score (nSPS) is 36.7. The van der Waals surface area contributed by atoms with Gasteiger partial charge in [0.05, 0.1) is 0 Å². The number of phenolic OH excluding ortho intramolecular Hbond substituents is 1. The van der Waals surface area contributed by atoms with Gasteiger partial charge < -0.3 is 10.4 Å². The molecule has 3 nitrogen and oxygen atoms in total. The van der Waals surface area contributed by atoms with Gasteiger partial charge in [0.25, 0.3) is 5.91 Å². The molecule has 1 aromatic rings. The summed E-state index contributed by atoms with van der Waals surface area (Å²) in [5.41, 5.74) is 1.48. The highest BCUT2D eigenvalue weighted by Crippen LogP contribution is 2.55. The number of hydrogen-bond donors (Lipinski definition) is 2. The molecule has 0 aromatic heterocycles. The van der Waals surface area contributed by atoms with E-state index < -0.39 is 0 Å². The van der Waals surface area contributed by atoms with E-state index >= 15 is 0 Å². The minimum Gasteiger partial charge on any atom is -0.508 e. The number of amides is 1. The third-order valence-electron chi connectivity index (χ3n) is 5.88. The maximum absolute atomic E-state index is 12.6. The first-order valence-electron chi connectivity index (χ1n) is 8.15. The summed E-state index contributed by atoms with van der Waals surface area (Å²) in [7, 11) is 0. The first-order valence-corrected chi connectivity index (χ1v) is 8.15. The van der Waals surface area contributed by atoms with E-state index in [2.05, 4.69) is 5.32 Å². The van der Waals surface area contributed by atoms with Crippen molar-refractivity contribution in [2.75, 3.05) is 0 Å². The number of hydrogen-bond acceptors (Lipinski definition) is 2. The molecule has 4 aliphatic rings. The zero-order valence-electron chi connectivity index (χ0n) is 12.6. The Morgan fingerprint density at radius 3 is 2.24 bits per heavy atom. The molecule has 1 aromatic carbocycles. The van der Waals surface area contributed by atoms with Crippen LogP contribution in [0.1, 0.15) is 54.4 Å². The molecular weight excluding hydrogens is 262 g/mol. The summed E-state index contributed by atoms with van der Waals surface area (Å²) in [6.45, 7) is 1.83. The second kappa shape index (κ2) is 4.49. The molecule has 0 unspecified atom stereocenters. The molecule has 21 heavy (non-hydrogen) atoms. The maximum atomic E-state index is 12.6. The second-order valence-electron chi connectivity index (χ2n) is 7.65. The van der Waals surface area contributed by atoms with Gasteiger partial charge in [0, 0.05) is 11.1 Å². The van der Waals surface area contributed by atoms with E-state index in [1.807, 2.05) is 6.92 Å². The minimum atomic E-state index is 0.0278. The Hall–Kier alpha value is -1.51. The van der Waals surface area contributed by atoms with Crippen molar-refractivity contribution < 1.29 is 9.90 Å². The van der Waals surface area contributed by atoms with Crippen LogP contribution in [0.5, 0.6) is 5.75 Å². The lowest BCUT2D eigenvalue weighted by atomic mass is 9.53. The maximum Gasteiger partial charge on any atom is 0.251 e. The number of carbonyl (C=O) groups is 1. The number of benzene rings is 1. The fraction of sp³-hybridized carbons (Fsp3) is 0.611. The molecule has 0 radical (unpaired) electrons. The predicted octanol–water partition coefficient (Wildman–Crippen LogP) is 3.40. The van der Waals surface area contributed by atoms with Gasteiger partial charge in [0.15, 0.2) is 0 Å². The number of rotatable bonds is 2. The Morgan fingerprint density at radius 1 is 1.14 bits per heavy atom. The van der Waals surface area contributed by atoms with Crippen molar-refractivity contribution in [3.63, 3.8) is 0 Å². The Morgan fingerprint density at radius 2 is 1.71 bits per heavy atom. The molecule has 0 heterocycles. The van der Waals surface area contributed by atoms with Crippen LogP contribution in [0.2, 0.25) is 0 Å². The van der Waals surface area contributed by atoms with Crippen molar-refractivity contribution in [3.8, 4) is 5.75 Å². The molecule has 4 fully saturated rings. The van der Waals surface area contributed by atoms with Crippen LogP contribution in [-0.2, 0) is 0 Å². The molecule has 0 saturated heterocycles. The van der Waals surface area contributed by atoms with E-state index in [0.29, 0.717) is 5.56 Å². The van der Waals surface area contributed by atoms with Gasteiger partial charge in [-0.1, -0.05) is 0 Å². The molecule has 4 aliphatic carbocycles. The molecule has 3 heteroatoms. The number of phenols is 1. The summed E-state index contributed by atoms with van der Waals surface area (Å²) in [5, 5.41) is 13.0. The van der Waals surface area contributed by atoms with Crippen LogP contribution in [0.15, 0.2) is 18.2 Å². The second-order valence-corrected chi connectivity index (χ2v) is 7.65. The molecule has 0 aliphatic heterocycles. The van der Waals surface area contributed by atoms with Gasteiger partial charge >= 0.3 is 0 Å². The number of aromatic hydroxyl groups is 1. The number of aryl methyl sites for hydroxylation is 1. The van der Waals surface area contributed by atoms with Gasteiger partial charge in [0.2, 0.25) is 0 Å². The topological polar surface area (TPSA) is 49.3 Å². The quantitative estimate of drug-likeness (QED) is 0.875. The molecule has 112 valence electrons. The Labute approximate surface area is 125 Å². The Balaban J connectivity index is 1.55. The van der Waals surface area contributed by atoms with Gasteiger partial charge in [-0.3, -0.25) is 4.79 Å². The smallest absolute Gasteiger partial charge is 0.251 e. The lowest BCUT2D eigenvalue weighted by Gasteiger charge is -2.56. The van der Waals surface area contributed by atoms with Crippen LogP contribution < -0.4 is 5.32 Å². The molecule has 0 atom stereocenters. The van der Waals surface area contributed by atoms with Crippen molar-refractivity contribution in [1.82, 2.24) is 5.32 Å². The number of carbonyl (C=O) groups excluding carboxylic acids is 1. The van der Waals surface area contributed by atoms with E-state index in [1.54, 1.807) is 18.2 Å². The summed E-state index contributed by atoms with van der Waals surface area (Å²) >= 11 is 0. The third-order valence-corrected chi connectivity index (χ3v) is 5.88. The molecule has 5 rings (SSSR count). The highest BCUT2D eigenvalue weighted by molar-refractivity contribution is 5.95. The van der Waals surface area contributed by atoms with Crippen LogP contribution in [0.25, 0.3) is 0 Å². The van der Waals surface area contributed by atoms with Gasteiger partial charge in [-0.05, 0) is 87.0 Å². The summed E-state index contributed by atoms with van der Waals surface area (Å²) in [6.07, 6.45) is 7.65. The zero-order valence-corrected chi connectivity index (χ0v) is 12.6. The fourth-order valence-corrected chi connectivity index (χ4v) is 5.37. The number of nitrogens with one attached hydrogen (secondary N) is 1. The van der Waals surface area contributed by atoms with Crippen molar-refractivity contribution >= 4 is 5.91 Å². The standard InChI is InChI=1S/C18H23NO2/c1-11-4-15(2-3-16(11)20)17(21)19-18-8-12-5-13(9-18)7-14(6-12)10-18/h2-4,12-14,20H,5-10H2,1H3,(H,19,21). The Bertz CT molecular complexity index is 558.